The highest BCUT2D eigenvalue weighted by molar-refractivity contribution is 5.52. The third kappa shape index (κ3) is 5.54. The second-order valence-electron chi connectivity index (χ2n) is 2.61. The summed E-state index contributed by atoms with van der Waals surface area (Å²) in [7, 11) is 0. The molecule has 0 bridgehead atoms. The van der Waals surface area contributed by atoms with Gasteiger partial charge in [-0.05, 0) is 6.42 Å². The van der Waals surface area contributed by atoms with Crippen molar-refractivity contribution in [2.75, 3.05) is 0 Å². The van der Waals surface area contributed by atoms with Crippen molar-refractivity contribution in [1.82, 2.24) is 0 Å². The van der Waals surface area contributed by atoms with Crippen LogP contribution in [0.1, 0.15) is 39.5 Å². The Bertz CT molecular complexity index is 69.0. The molecule has 1 heteroatoms. The van der Waals surface area contributed by atoms with E-state index in [1.807, 2.05) is 6.92 Å². The molecule has 1 unspecified atom stereocenters. The number of aldehydes is 1. The molecule has 0 aliphatic carbocycles. The average molecular weight is 128 g/mol. The van der Waals surface area contributed by atoms with Crippen LogP contribution in [0.25, 0.3) is 0 Å². The average Bonchev–Trinajstić information content (AvgIpc) is 1.89. The molecule has 0 radical (unpaired) electrons. The number of unbranched alkanes of at least 4 members (excludes halogenated alkanes) is 2. The molecule has 1 atom stereocenters. The second-order valence-corrected chi connectivity index (χ2v) is 2.61. The molecule has 0 aromatic carbocycles. The molecule has 0 saturated heterocycles. The van der Waals surface area contributed by atoms with Gasteiger partial charge in [-0.2, -0.15) is 0 Å². The zero-order chi connectivity index (χ0) is 7.11. The van der Waals surface area contributed by atoms with Crippen LogP contribution < -0.4 is 0 Å². The van der Waals surface area contributed by atoms with Crippen molar-refractivity contribution < 1.29 is 4.79 Å². The molecule has 0 rings (SSSR count). The summed E-state index contributed by atoms with van der Waals surface area (Å²) in [5, 5.41) is 0. The van der Waals surface area contributed by atoms with Crippen LogP contribution in [0.4, 0.5) is 0 Å². The molecule has 0 spiro atoms. The number of hydrogen-bond donors (Lipinski definition) is 0. The molecule has 9 heavy (non-hydrogen) atoms. The highest BCUT2D eigenvalue weighted by Crippen LogP contribution is 2.05. The fourth-order valence-corrected chi connectivity index (χ4v) is 0.784. The van der Waals surface area contributed by atoms with Gasteiger partial charge in [0.1, 0.15) is 6.29 Å². The van der Waals surface area contributed by atoms with Crippen LogP contribution in [0.2, 0.25) is 0 Å². The van der Waals surface area contributed by atoms with E-state index < -0.39 is 0 Å². The van der Waals surface area contributed by atoms with Crippen molar-refractivity contribution in [2.45, 2.75) is 39.5 Å². The van der Waals surface area contributed by atoms with Crippen LogP contribution in [0.5, 0.6) is 0 Å². The van der Waals surface area contributed by atoms with Gasteiger partial charge in [-0.25, -0.2) is 0 Å². The molecule has 0 aromatic heterocycles. The van der Waals surface area contributed by atoms with E-state index in [0.29, 0.717) is 0 Å². The minimum absolute atomic E-state index is 0.275. The van der Waals surface area contributed by atoms with Crippen LogP contribution in [-0.2, 0) is 4.79 Å². The van der Waals surface area contributed by atoms with E-state index in [1.165, 1.54) is 19.3 Å². The molecule has 0 fully saturated rings. The SMILES string of the molecule is CCCCCC(C)C=O. The molecule has 0 aromatic rings. The van der Waals surface area contributed by atoms with Gasteiger partial charge in [0.15, 0.2) is 0 Å². The number of rotatable bonds is 5. The first-order valence-corrected chi connectivity index (χ1v) is 3.76. The Morgan fingerprint density at radius 1 is 1.44 bits per heavy atom. The maximum Gasteiger partial charge on any atom is 0.122 e. The predicted molar refractivity (Wildman–Crippen MR) is 39.4 cm³/mol. The van der Waals surface area contributed by atoms with E-state index >= 15 is 0 Å². The van der Waals surface area contributed by atoms with Crippen molar-refractivity contribution in [3.05, 3.63) is 0 Å². The lowest BCUT2D eigenvalue weighted by Gasteiger charge is -1.99. The maximum atomic E-state index is 10.1. The lowest BCUT2D eigenvalue weighted by Crippen LogP contribution is -1.94. The molecular formula is C8H16O. The van der Waals surface area contributed by atoms with E-state index in [9.17, 15) is 4.79 Å². The Hall–Kier alpha value is -0.330. The first-order chi connectivity index (χ1) is 4.31. The van der Waals surface area contributed by atoms with Crippen LogP contribution in [0.3, 0.4) is 0 Å². The van der Waals surface area contributed by atoms with Gasteiger partial charge >= 0.3 is 0 Å². The maximum absolute atomic E-state index is 10.1. The summed E-state index contributed by atoms with van der Waals surface area (Å²) in [5.74, 6) is 0.275. The predicted octanol–water partition coefficient (Wildman–Crippen LogP) is 2.40. The van der Waals surface area contributed by atoms with Crippen molar-refractivity contribution in [3.8, 4) is 0 Å². The summed E-state index contributed by atoms with van der Waals surface area (Å²) in [6.07, 6.45) is 5.81. The van der Waals surface area contributed by atoms with Crippen molar-refractivity contribution in [1.29, 1.82) is 0 Å². The van der Waals surface area contributed by atoms with E-state index in [4.69, 9.17) is 0 Å². The quantitative estimate of drug-likeness (QED) is 0.410. The monoisotopic (exact) mass is 128 g/mol. The smallest absolute Gasteiger partial charge is 0.122 e. The summed E-state index contributed by atoms with van der Waals surface area (Å²) in [4.78, 5) is 10.1. The summed E-state index contributed by atoms with van der Waals surface area (Å²) < 4.78 is 0. The Labute approximate surface area is 57.5 Å². The summed E-state index contributed by atoms with van der Waals surface area (Å²) in [5.41, 5.74) is 0. The molecule has 0 aliphatic heterocycles. The molecule has 1 nitrogen and oxygen atoms in total. The largest absolute Gasteiger partial charge is 0.303 e. The molecule has 54 valence electrons. The Balaban J connectivity index is 2.96. The highest BCUT2D eigenvalue weighted by atomic mass is 16.1. The summed E-state index contributed by atoms with van der Waals surface area (Å²) >= 11 is 0. The fraction of sp³-hybridized carbons (Fsp3) is 0.875. The van der Waals surface area contributed by atoms with E-state index in [0.717, 1.165) is 12.7 Å². The first-order valence-electron chi connectivity index (χ1n) is 3.76. The van der Waals surface area contributed by atoms with Gasteiger partial charge in [-0.15, -0.1) is 0 Å². The van der Waals surface area contributed by atoms with E-state index in [-0.39, 0.29) is 5.92 Å². The topological polar surface area (TPSA) is 17.1 Å². The first kappa shape index (κ1) is 8.67. The fourth-order valence-electron chi connectivity index (χ4n) is 0.784. The lowest BCUT2D eigenvalue weighted by molar-refractivity contribution is -0.110. The van der Waals surface area contributed by atoms with Crippen molar-refractivity contribution >= 4 is 6.29 Å². The van der Waals surface area contributed by atoms with Gasteiger partial charge in [0, 0.05) is 5.92 Å². The minimum Gasteiger partial charge on any atom is -0.303 e. The molecule has 0 aliphatic rings. The third-order valence-corrected chi connectivity index (χ3v) is 1.50. The zero-order valence-electron chi connectivity index (χ0n) is 6.39. The van der Waals surface area contributed by atoms with Crippen LogP contribution >= 0.6 is 0 Å². The van der Waals surface area contributed by atoms with E-state index in [2.05, 4.69) is 6.92 Å². The Morgan fingerprint density at radius 2 is 2.11 bits per heavy atom. The van der Waals surface area contributed by atoms with Crippen LogP contribution in [-0.4, -0.2) is 6.29 Å². The number of carbonyl (C=O) groups excluding carboxylic acids is 1. The molecule has 0 saturated carbocycles. The van der Waals surface area contributed by atoms with Gasteiger partial charge in [-0.3, -0.25) is 0 Å². The Morgan fingerprint density at radius 3 is 2.56 bits per heavy atom. The number of hydrogen-bond acceptors (Lipinski definition) is 1. The zero-order valence-corrected chi connectivity index (χ0v) is 6.39. The van der Waals surface area contributed by atoms with Gasteiger partial charge in [0.05, 0.1) is 0 Å². The van der Waals surface area contributed by atoms with E-state index in [1.54, 1.807) is 0 Å². The van der Waals surface area contributed by atoms with Gasteiger partial charge < -0.3 is 4.79 Å². The van der Waals surface area contributed by atoms with Crippen LogP contribution in [0, 0.1) is 5.92 Å². The van der Waals surface area contributed by atoms with Gasteiger partial charge in [0.25, 0.3) is 0 Å². The summed E-state index contributed by atoms with van der Waals surface area (Å²) in [6.45, 7) is 4.15. The van der Waals surface area contributed by atoms with Gasteiger partial charge in [0.2, 0.25) is 0 Å². The Kier molecular flexibility index (Phi) is 5.59. The minimum atomic E-state index is 0.275. The molecule has 0 heterocycles. The van der Waals surface area contributed by atoms with Crippen LogP contribution in [0.15, 0.2) is 0 Å². The van der Waals surface area contributed by atoms with Gasteiger partial charge in [-0.1, -0.05) is 33.1 Å². The standard InChI is InChI=1S/C8H16O/c1-3-4-5-6-8(2)7-9/h7-8H,3-6H2,1-2H3. The molecular weight excluding hydrogens is 112 g/mol. The highest BCUT2D eigenvalue weighted by Gasteiger charge is 1.96. The number of carbonyl (C=O) groups is 1. The lowest BCUT2D eigenvalue weighted by atomic mass is 10.1. The second kappa shape index (κ2) is 5.80. The normalized spacial score (nSPS) is 13.1. The van der Waals surface area contributed by atoms with Crippen molar-refractivity contribution in [2.24, 2.45) is 5.92 Å². The van der Waals surface area contributed by atoms with Crippen molar-refractivity contribution in [3.63, 3.8) is 0 Å². The third-order valence-electron chi connectivity index (χ3n) is 1.50. The summed E-state index contributed by atoms with van der Waals surface area (Å²) in [6, 6.07) is 0. The molecule has 0 N–H and O–H groups in total. The molecule has 0 amide bonds.